The molecule has 1 N–H and O–H groups in total. The maximum Gasteiger partial charge on any atom is 0.411 e. The Labute approximate surface area is 120 Å². The van der Waals surface area contributed by atoms with Crippen LogP contribution in [0, 0.1) is 0 Å². The lowest BCUT2D eigenvalue weighted by Gasteiger charge is -2.34. The number of carbonyl (C=O) groups is 1. The molecule has 0 aliphatic carbocycles. The summed E-state index contributed by atoms with van der Waals surface area (Å²) < 4.78 is 40.5. The molecular weight excluding hydrogens is 285 g/mol. The summed E-state index contributed by atoms with van der Waals surface area (Å²) in [4.78, 5) is 13.5. The molecule has 1 unspecified atom stereocenters. The van der Waals surface area contributed by atoms with Crippen molar-refractivity contribution in [2.45, 2.75) is 18.6 Å². The average Bonchev–Trinajstić information content (AvgIpc) is 2.44. The van der Waals surface area contributed by atoms with Gasteiger partial charge in [0, 0.05) is 18.3 Å². The van der Waals surface area contributed by atoms with Crippen LogP contribution in [0.25, 0.3) is 0 Å². The molecule has 0 radical (unpaired) electrons. The third-order valence-electron chi connectivity index (χ3n) is 3.39. The molecule has 2 rings (SSSR count). The number of hydrogen-bond donors (Lipinski definition) is 1. The first-order valence-corrected chi connectivity index (χ1v) is 6.63. The van der Waals surface area contributed by atoms with Crippen LogP contribution in [0.3, 0.4) is 0 Å². The van der Waals surface area contributed by atoms with E-state index in [9.17, 15) is 18.0 Å². The monoisotopic (exact) mass is 302 g/mol. The highest BCUT2D eigenvalue weighted by molar-refractivity contribution is 5.95. The molecule has 7 heteroatoms. The number of amides is 1. The van der Waals surface area contributed by atoms with Crippen LogP contribution in [-0.4, -0.2) is 38.9 Å². The van der Waals surface area contributed by atoms with Crippen molar-refractivity contribution >= 4 is 11.6 Å². The Bertz CT molecular complexity index is 505. The van der Waals surface area contributed by atoms with E-state index in [1.807, 2.05) is 19.2 Å². The van der Waals surface area contributed by atoms with Gasteiger partial charge in [0.25, 0.3) is 5.91 Å². The fraction of sp³-hybridized carbons (Fsp3) is 0.500. The number of hydrogen-bond acceptors (Lipinski definition) is 3. The van der Waals surface area contributed by atoms with Crippen molar-refractivity contribution in [3.05, 3.63) is 29.8 Å². The fourth-order valence-corrected chi connectivity index (χ4v) is 2.45. The Morgan fingerprint density at radius 2 is 2.14 bits per heavy atom. The van der Waals surface area contributed by atoms with Gasteiger partial charge in [0.1, 0.15) is 13.2 Å². The molecule has 4 nitrogen and oxygen atoms in total. The van der Waals surface area contributed by atoms with Crippen LogP contribution in [0.1, 0.15) is 18.0 Å². The van der Waals surface area contributed by atoms with Gasteiger partial charge in [0.2, 0.25) is 0 Å². The molecule has 21 heavy (non-hydrogen) atoms. The van der Waals surface area contributed by atoms with E-state index in [2.05, 4.69) is 10.1 Å². The molecule has 0 fully saturated rings. The molecule has 116 valence electrons. The van der Waals surface area contributed by atoms with Gasteiger partial charge >= 0.3 is 6.18 Å². The third kappa shape index (κ3) is 3.95. The molecule has 1 aromatic carbocycles. The summed E-state index contributed by atoms with van der Waals surface area (Å²) in [5, 5.41) is 3.16. The normalized spacial score (nSPS) is 18.5. The third-order valence-corrected chi connectivity index (χ3v) is 3.39. The first-order valence-electron chi connectivity index (χ1n) is 6.63. The Morgan fingerprint density at radius 1 is 1.43 bits per heavy atom. The first-order chi connectivity index (χ1) is 9.92. The number of nitrogens with one attached hydrogen (secondary N) is 1. The number of para-hydroxylation sites is 1. The Kier molecular flexibility index (Phi) is 4.84. The second-order valence-electron chi connectivity index (χ2n) is 4.84. The molecule has 1 amide bonds. The second-order valence-corrected chi connectivity index (χ2v) is 4.84. The Balaban J connectivity index is 2.05. The molecule has 1 heterocycles. The van der Waals surface area contributed by atoms with E-state index >= 15 is 0 Å². The number of halogens is 3. The van der Waals surface area contributed by atoms with E-state index in [-0.39, 0.29) is 6.04 Å². The van der Waals surface area contributed by atoms with Crippen LogP contribution in [-0.2, 0) is 9.53 Å². The van der Waals surface area contributed by atoms with Crippen LogP contribution >= 0.6 is 0 Å². The summed E-state index contributed by atoms with van der Waals surface area (Å²) in [6, 6.07) is 7.51. The van der Waals surface area contributed by atoms with Gasteiger partial charge in [-0.3, -0.25) is 4.79 Å². The standard InChI is InChI=1S/C14H17F3N2O2/c1-18-11-6-7-19(12-5-3-2-4-10(11)12)13(20)8-21-9-14(15,16)17/h2-5,11,18H,6-9H2,1H3. The lowest BCUT2D eigenvalue weighted by molar-refractivity contribution is -0.175. The number of nitrogens with zero attached hydrogens (tertiary/aromatic N) is 1. The second kappa shape index (κ2) is 6.44. The number of alkyl halides is 3. The maximum absolute atomic E-state index is 12.1. The lowest BCUT2D eigenvalue weighted by atomic mass is 9.96. The minimum absolute atomic E-state index is 0.140. The molecule has 1 aliphatic heterocycles. The fourth-order valence-electron chi connectivity index (χ4n) is 2.45. The van der Waals surface area contributed by atoms with Crippen LogP contribution in [0.15, 0.2) is 24.3 Å². The van der Waals surface area contributed by atoms with E-state index in [1.165, 1.54) is 4.90 Å². The van der Waals surface area contributed by atoms with Gasteiger partial charge in [0.15, 0.2) is 0 Å². The van der Waals surface area contributed by atoms with E-state index in [0.717, 1.165) is 11.3 Å². The summed E-state index contributed by atoms with van der Waals surface area (Å²) in [6.45, 7) is -1.53. The van der Waals surface area contributed by atoms with E-state index in [4.69, 9.17) is 0 Å². The number of anilines is 1. The van der Waals surface area contributed by atoms with Crippen molar-refractivity contribution in [3.8, 4) is 0 Å². The predicted molar refractivity (Wildman–Crippen MR) is 72.1 cm³/mol. The zero-order valence-electron chi connectivity index (χ0n) is 11.6. The number of carbonyl (C=O) groups excluding carboxylic acids is 1. The quantitative estimate of drug-likeness (QED) is 0.927. The molecule has 1 aromatic rings. The zero-order chi connectivity index (χ0) is 15.5. The summed E-state index contributed by atoms with van der Waals surface area (Å²) >= 11 is 0. The van der Waals surface area contributed by atoms with Crippen LogP contribution in [0.4, 0.5) is 18.9 Å². The van der Waals surface area contributed by atoms with Crippen LogP contribution in [0.2, 0.25) is 0 Å². The molecule has 0 saturated heterocycles. The van der Waals surface area contributed by atoms with Gasteiger partial charge in [-0.05, 0) is 25.1 Å². The first kappa shape index (κ1) is 15.8. The van der Waals surface area contributed by atoms with E-state index < -0.39 is 25.3 Å². The highest BCUT2D eigenvalue weighted by Gasteiger charge is 2.30. The zero-order valence-corrected chi connectivity index (χ0v) is 11.6. The van der Waals surface area contributed by atoms with Crippen molar-refractivity contribution in [2.24, 2.45) is 0 Å². The van der Waals surface area contributed by atoms with Crippen molar-refractivity contribution in [3.63, 3.8) is 0 Å². The molecule has 0 bridgehead atoms. The van der Waals surface area contributed by atoms with Crippen molar-refractivity contribution in [1.29, 1.82) is 0 Å². The van der Waals surface area contributed by atoms with Crippen molar-refractivity contribution in [2.75, 3.05) is 31.7 Å². The molecule has 0 spiro atoms. The van der Waals surface area contributed by atoms with Crippen molar-refractivity contribution < 1.29 is 22.7 Å². The number of rotatable bonds is 4. The maximum atomic E-state index is 12.1. The number of benzene rings is 1. The minimum Gasteiger partial charge on any atom is -0.362 e. The molecule has 0 saturated carbocycles. The largest absolute Gasteiger partial charge is 0.411 e. The minimum atomic E-state index is -4.42. The van der Waals surface area contributed by atoms with Gasteiger partial charge in [-0.15, -0.1) is 0 Å². The topological polar surface area (TPSA) is 41.6 Å². The highest BCUT2D eigenvalue weighted by atomic mass is 19.4. The van der Waals surface area contributed by atoms with Crippen LogP contribution < -0.4 is 10.2 Å². The smallest absolute Gasteiger partial charge is 0.362 e. The molecule has 1 aliphatic rings. The molecular formula is C14H17F3N2O2. The van der Waals surface area contributed by atoms with Gasteiger partial charge in [-0.25, -0.2) is 0 Å². The van der Waals surface area contributed by atoms with E-state index in [1.54, 1.807) is 12.1 Å². The predicted octanol–water partition coefficient (Wildman–Crippen LogP) is 2.26. The Hall–Kier alpha value is -1.60. The molecule has 1 atom stereocenters. The highest BCUT2D eigenvalue weighted by Crippen LogP contribution is 2.33. The number of ether oxygens (including phenoxy) is 1. The lowest BCUT2D eigenvalue weighted by Crippen LogP contribution is -2.41. The number of fused-ring (bicyclic) bond motifs is 1. The average molecular weight is 302 g/mol. The van der Waals surface area contributed by atoms with Gasteiger partial charge in [-0.1, -0.05) is 18.2 Å². The van der Waals surface area contributed by atoms with Crippen LogP contribution in [0.5, 0.6) is 0 Å². The summed E-state index contributed by atoms with van der Waals surface area (Å²) in [5.41, 5.74) is 1.69. The van der Waals surface area contributed by atoms with Gasteiger partial charge < -0.3 is 15.0 Å². The molecule has 0 aromatic heterocycles. The summed E-state index contributed by atoms with van der Waals surface area (Å²) in [6.07, 6.45) is -3.71. The Morgan fingerprint density at radius 3 is 2.81 bits per heavy atom. The summed E-state index contributed by atoms with van der Waals surface area (Å²) in [5.74, 6) is -0.457. The SMILES string of the molecule is CNC1CCN(C(=O)COCC(F)(F)F)c2ccccc21. The van der Waals surface area contributed by atoms with E-state index in [0.29, 0.717) is 13.0 Å². The van der Waals surface area contributed by atoms with Crippen molar-refractivity contribution in [1.82, 2.24) is 5.32 Å². The van der Waals surface area contributed by atoms with Gasteiger partial charge in [-0.2, -0.15) is 13.2 Å². The summed E-state index contributed by atoms with van der Waals surface area (Å²) in [7, 11) is 1.84. The van der Waals surface area contributed by atoms with Gasteiger partial charge in [0.05, 0.1) is 0 Å².